The molecule has 1 N–H and O–H groups in total. The van der Waals surface area contributed by atoms with E-state index < -0.39 is 0 Å². The van der Waals surface area contributed by atoms with E-state index in [1.165, 1.54) is 17.5 Å². The van der Waals surface area contributed by atoms with Crippen LogP contribution in [0.1, 0.15) is 44.2 Å². The van der Waals surface area contributed by atoms with Gasteiger partial charge in [0.05, 0.1) is 6.61 Å². The molecule has 0 aliphatic heterocycles. The molecule has 0 aromatic heterocycles. The number of hydrogen-bond donors (Lipinski definition) is 1. The van der Waals surface area contributed by atoms with Gasteiger partial charge in [0.15, 0.2) is 0 Å². The van der Waals surface area contributed by atoms with Gasteiger partial charge in [-0.05, 0) is 29.4 Å². The zero-order valence-electron chi connectivity index (χ0n) is 12.7. The summed E-state index contributed by atoms with van der Waals surface area (Å²) < 4.78 is 5.09. The van der Waals surface area contributed by atoms with Gasteiger partial charge in [-0.25, -0.2) is 0 Å². The molecule has 0 heterocycles. The van der Waals surface area contributed by atoms with E-state index >= 15 is 0 Å². The normalized spacial score (nSPS) is 25.8. The highest BCUT2D eigenvalue weighted by atomic mass is 16.5. The van der Waals surface area contributed by atoms with Crippen molar-refractivity contribution in [3.05, 3.63) is 35.4 Å². The lowest BCUT2D eigenvalue weighted by Gasteiger charge is -2.19. The number of hydrogen-bond acceptors (Lipinski definition) is 2. The quantitative estimate of drug-likeness (QED) is 0.760. The lowest BCUT2D eigenvalue weighted by molar-refractivity contribution is 0.198. The summed E-state index contributed by atoms with van der Waals surface area (Å²) >= 11 is 0. The zero-order valence-corrected chi connectivity index (χ0v) is 12.7. The summed E-state index contributed by atoms with van der Waals surface area (Å²) in [4.78, 5) is 0. The van der Waals surface area contributed by atoms with Crippen LogP contribution in [0.5, 0.6) is 0 Å². The summed E-state index contributed by atoms with van der Waals surface area (Å²) in [6.45, 7) is 9.65. The number of ether oxygens (including phenoxy) is 1. The Labute approximate surface area is 117 Å². The molecule has 0 amide bonds. The zero-order chi connectivity index (χ0) is 13.9. The average Bonchev–Trinajstić information content (AvgIpc) is 3.07. The minimum absolute atomic E-state index is 0.364. The molecule has 1 aliphatic rings. The van der Waals surface area contributed by atoms with E-state index in [1.807, 2.05) is 0 Å². The fourth-order valence-electron chi connectivity index (χ4n) is 2.92. The Morgan fingerprint density at radius 3 is 2.42 bits per heavy atom. The molecule has 1 saturated carbocycles. The second-order valence-electron chi connectivity index (χ2n) is 6.21. The van der Waals surface area contributed by atoms with E-state index in [2.05, 4.69) is 50.4 Å². The Hall–Kier alpha value is -0.860. The number of rotatable bonds is 7. The van der Waals surface area contributed by atoms with Gasteiger partial charge in [0.2, 0.25) is 0 Å². The smallest absolute Gasteiger partial charge is 0.0587 e. The third kappa shape index (κ3) is 3.18. The maximum Gasteiger partial charge on any atom is 0.0587 e. The monoisotopic (exact) mass is 261 g/mol. The first-order valence-corrected chi connectivity index (χ1v) is 7.40. The van der Waals surface area contributed by atoms with Crippen molar-refractivity contribution in [3.63, 3.8) is 0 Å². The molecule has 2 atom stereocenters. The van der Waals surface area contributed by atoms with E-state index in [0.29, 0.717) is 11.3 Å². The van der Waals surface area contributed by atoms with Gasteiger partial charge in [-0.1, -0.05) is 45.0 Å². The number of benzene rings is 1. The summed E-state index contributed by atoms with van der Waals surface area (Å²) in [6, 6.07) is 9.25. The second kappa shape index (κ2) is 6.06. The molecule has 0 saturated heterocycles. The summed E-state index contributed by atoms with van der Waals surface area (Å²) in [5.41, 5.74) is 3.29. The molecule has 2 unspecified atom stereocenters. The number of methoxy groups -OCH3 is 1. The highest BCUT2D eigenvalue weighted by molar-refractivity contribution is 5.36. The van der Waals surface area contributed by atoms with Crippen molar-refractivity contribution in [2.24, 2.45) is 5.92 Å². The Kier molecular flexibility index (Phi) is 4.64. The molecule has 2 nitrogen and oxygen atoms in total. The van der Waals surface area contributed by atoms with Gasteiger partial charge in [-0.3, -0.25) is 0 Å². The Morgan fingerprint density at radius 2 is 1.95 bits per heavy atom. The topological polar surface area (TPSA) is 21.3 Å². The third-order valence-electron chi connectivity index (χ3n) is 4.53. The molecule has 1 aromatic carbocycles. The fraction of sp³-hybridized carbons (Fsp3) is 0.647. The SMILES string of the molecule is COCCNCC1(c2ccc(C(C)C)cc2)CC1C. The summed E-state index contributed by atoms with van der Waals surface area (Å²) in [7, 11) is 1.75. The molecule has 0 bridgehead atoms. The minimum atomic E-state index is 0.364. The van der Waals surface area contributed by atoms with Crippen molar-refractivity contribution >= 4 is 0 Å². The van der Waals surface area contributed by atoms with Gasteiger partial charge in [0.25, 0.3) is 0 Å². The Bertz CT molecular complexity index is 398. The molecule has 1 aliphatic carbocycles. The number of nitrogens with one attached hydrogen (secondary N) is 1. The molecule has 2 heteroatoms. The van der Waals surface area contributed by atoms with Crippen LogP contribution in [0, 0.1) is 5.92 Å². The van der Waals surface area contributed by atoms with Gasteiger partial charge in [0, 0.05) is 25.6 Å². The van der Waals surface area contributed by atoms with Crippen LogP contribution in [0.2, 0.25) is 0 Å². The van der Waals surface area contributed by atoms with Gasteiger partial charge < -0.3 is 10.1 Å². The Morgan fingerprint density at radius 1 is 1.32 bits per heavy atom. The maximum absolute atomic E-state index is 5.09. The molecule has 2 rings (SSSR count). The molecule has 1 fully saturated rings. The molecule has 0 radical (unpaired) electrons. The van der Waals surface area contributed by atoms with E-state index in [1.54, 1.807) is 7.11 Å². The van der Waals surface area contributed by atoms with Crippen molar-refractivity contribution < 1.29 is 4.74 Å². The van der Waals surface area contributed by atoms with Crippen molar-refractivity contribution in [1.82, 2.24) is 5.32 Å². The fourth-order valence-corrected chi connectivity index (χ4v) is 2.92. The molecular formula is C17H27NO. The average molecular weight is 261 g/mol. The third-order valence-corrected chi connectivity index (χ3v) is 4.53. The first-order valence-electron chi connectivity index (χ1n) is 7.40. The standard InChI is InChI=1S/C17H27NO/c1-13(2)15-5-7-16(8-6-15)17(11-14(17)3)12-18-9-10-19-4/h5-8,13-14,18H,9-12H2,1-4H3. The van der Waals surface area contributed by atoms with Gasteiger partial charge in [-0.15, -0.1) is 0 Å². The van der Waals surface area contributed by atoms with Crippen LogP contribution in [-0.4, -0.2) is 26.8 Å². The molecule has 19 heavy (non-hydrogen) atoms. The van der Waals surface area contributed by atoms with Crippen LogP contribution in [0.4, 0.5) is 0 Å². The van der Waals surface area contributed by atoms with Crippen LogP contribution in [0.25, 0.3) is 0 Å². The predicted octanol–water partition coefficient (Wildman–Crippen LogP) is 3.32. The lowest BCUT2D eigenvalue weighted by Crippen LogP contribution is -2.30. The first-order chi connectivity index (χ1) is 9.10. The van der Waals surface area contributed by atoms with Gasteiger partial charge in [0.1, 0.15) is 0 Å². The Balaban J connectivity index is 2.01. The molecule has 1 aromatic rings. The molecular weight excluding hydrogens is 234 g/mol. The second-order valence-corrected chi connectivity index (χ2v) is 6.21. The highest BCUT2D eigenvalue weighted by Crippen LogP contribution is 2.53. The van der Waals surface area contributed by atoms with Crippen molar-refractivity contribution in [2.45, 2.75) is 38.5 Å². The van der Waals surface area contributed by atoms with Gasteiger partial charge in [-0.2, -0.15) is 0 Å². The summed E-state index contributed by atoms with van der Waals surface area (Å²) in [6.07, 6.45) is 1.30. The van der Waals surface area contributed by atoms with Crippen molar-refractivity contribution in [3.8, 4) is 0 Å². The van der Waals surface area contributed by atoms with E-state index in [4.69, 9.17) is 4.74 Å². The predicted molar refractivity (Wildman–Crippen MR) is 80.7 cm³/mol. The van der Waals surface area contributed by atoms with Crippen molar-refractivity contribution in [1.29, 1.82) is 0 Å². The van der Waals surface area contributed by atoms with Crippen molar-refractivity contribution in [2.75, 3.05) is 26.8 Å². The van der Waals surface area contributed by atoms with E-state index in [-0.39, 0.29) is 0 Å². The maximum atomic E-state index is 5.09. The highest BCUT2D eigenvalue weighted by Gasteiger charge is 2.51. The molecule has 106 valence electrons. The van der Waals surface area contributed by atoms with Crippen LogP contribution in [0.15, 0.2) is 24.3 Å². The first kappa shape index (κ1) is 14.5. The van der Waals surface area contributed by atoms with Crippen LogP contribution in [-0.2, 0) is 10.2 Å². The van der Waals surface area contributed by atoms with Crippen LogP contribution < -0.4 is 5.32 Å². The molecule has 0 spiro atoms. The minimum Gasteiger partial charge on any atom is -0.383 e. The largest absolute Gasteiger partial charge is 0.383 e. The summed E-state index contributed by atoms with van der Waals surface area (Å²) in [5, 5.41) is 3.53. The van der Waals surface area contributed by atoms with Gasteiger partial charge >= 0.3 is 0 Å². The van der Waals surface area contributed by atoms with E-state index in [0.717, 1.165) is 25.6 Å². The van der Waals surface area contributed by atoms with Crippen LogP contribution in [0.3, 0.4) is 0 Å². The lowest BCUT2D eigenvalue weighted by atomic mass is 9.91. The van der Waals surface area contributed by atoms with E-state index in [9.17, 15) is 0 Å². The summed E-state index contributed by atoms with van der Waals surface area (Å²) in [5.74, 6) is 1.40. The van der Waals surface area contributed by atoms with Crippen LogP contribution >= 0.6 is 0 Å².